The number of benzene rings is 1. The standard InChI is InChI=1S/C14H19F3N2O2S/c1-9-3-4-10(14(15,16)17)7-12(9)19-13(21)18-11(5-6-20)8-22-2/h3-4,7,11,20H,5-6,8H2,1-2H3,(H2,18,19,21). The number of carbonyl (C=O) groups is 1. The molecule has 2 amide bonds. The molecule has 1 rings (SSSR count). The largest absolute Gasteiger partial charge is 0.416 e. The Hall–Kier alpha value is -1.41. The molecule has 124 valence electrons. The fourth-order valence-electron chi connectivity index (χ4n) is 1.83. The summed E-state index contributed by atoms with van der Waals surface area (Å²) in [7, 11) is 0. The first-order valence-electron chi connectivity index (χ1n) is 6.63. The smallest absolute Gasteiger partial charge is 0.396 e. The van der Waals surface area contributed by atoms with Crippen molar-refractivity contribution in [1.29, 1.82) is 0 Å². The molecule has 0 saturated carbocycles. The van der Waals surface area contributed by atoms with Gasteiger partial charge in [0.15, 0.2) is 0 Å². The lowest BCUT2D eigenvalue weighted by Gasteiger charge is -2.18. The third kappa shape index (κ3) is 5.76. The molecule has 1 unspecified atom stereocenters. The van der Waals surface area contributed by atoms with E-state index in [2.05, 4.69) is 10.6 Å². The van der Waals surface area contributed by atoms with Crippen LogP contribution in [0, 0.1) is 6.92 Å². The number of hydrogen-bond acceptors (Lipinski definition) is 3. The Bertz CT molecular complexity index is 503. The van der Waals surface area contributed by atoms with E-state index in [1.54, 1.807) is 6.92 Å². The molecule has 0 aromatic heterocycles. The third-order valence-electron chi connectivity index (χ3n) is 2.99. The number of thioether (sulfide) groups is 1. The number of anilines is 1. The second-order valence-electron chi connectivity index (χ2n) is 4.79. The Morgan fingerprint density at radius 2 is 2.09 bits per heavy atom. The number of urea groups is 1. The van der Waals surface area contributed by atoms with Crippen LogP contribution in [0.25, 0.3) is 0 Å². The fourth-order valence-corrected chi connectivity index (χ4v) is 2.48. The highest BCUT2D eigenvalue weighted by molar-refractivity contribution is 7.98. The molecule has 0 spiro atoms. The predicted octanol–water partition coefficient (Wildman–Crippen LogP) is 3.25. The Morgan fingerprint density at radius 1 is 1.41 bits per heavy atom. The van der Waals surface area contributed by atoms with Gasteiger partial charge < -0.3 is 15.7 Å². The Balaban J connectivity index is 2.78. The van der Waals surface area contributed by atoms with Crippen LogP contribution in [0.15, 0.2) is 18.2 Å². The predicted molar refractivity (Wildman–Crippen MR) is 82.2 cm³/mol. The molecule has 1 atom stereocenters. The van der Waals surface area contributed by atoms with Crippen LogP contribution in [-0.2, 0) is 6.18 Å². The summed E-state index contributed by atoms with van der Waals surface area (Å²) in [5.74, 6) is 0.607. The van der Waals surface area contributed by atoms with E-state index in [1.807, 2.05) is 6.26 Å². The third-order valence-corrected chi connectivity index (χ3v) is 3.73. The Labute approximate surface area is 131 Å². The molecule has 22 heavy (non-hydrogen) atoms. The Morgan fingerprint density at radius 3 is 2.64 bits per heavy atom. The average Bonchev–Trinajstić information content (AvgIpc) is 2.40. The van der Waals surface area contributed by atoms with Crippen LogP contribution in [0.5, 0.6) is 0 Å². The molecule has 0 saturated heterocycles. The number of hydrogen-bond donors (Lipinski definition) is 3. The van der Waals surface area contributed by atoms with Crippen LogP contribution in [0.2, 0.25) is 0 Å². The molecule has 1 aromatic carbocycles. The number of aliphatic hydroxyl groups excluding tert-OH is 1. The zero-order valence-corrected chi connectivity index (χ0v) is 13.1. The maximum atomic E-state index is 12.7. The van der Waals surface area contributed by atoms with Crippen molar-refractivity contribution in [3.8, 4) is 0 Å². The van der Waals surface area contributed by atoms with Crippen LogP contribution >= 0.6 is 11.8 Å². The quantitative estimate of drug-likeness (QED) is 0.747. The second kappa shape index (κ2) is 8.28. The van der Waals surface area contributed by atoms with E-state index in [0.29, 0.717) is 17.7 Å². The molecule has 0 bridgehead atoms. The van der Waals surface area contributed by atoms with E-state index in [-0.39, 0.29) is 18.3 Å². The first-order valence-corrected chi connectivity index (χ1v) is 8.02. The molecule has 0 aliphatic heterocycles. The summed E-state index contributed by atoms with van der Waals surface area (Å²) in [4.78, 5) is 11.9. The van der Waals surface area contributed by atoms with Crippen molar-refractivity contribution in [3.05, 3.63) is 29.3 Å². The molecular weight excluding hydrogens is 317 g/mol. The number of rotatable bonds is 6. The van der Waals surface area contributed by atoms with Crippen molar-refractivity contribution in [3.63, 3.8) is 0 Å². The maximum Gasteiger partial charge on any atom is 0.416 e. The molecule has 0 fully saturated rings. The number of nitrogens with one attached hydrogen (secondary N) is 2. The zero-order chi connectivity index (χ0) is 16.8. The van der Waals surface area contributed by atoms with E-state index in [9.17, 15) is 18.0 Å². The van der Waals surface area contributed by atoms with E-state index in [1.165, 1.54) is 17.8 Å². The topological polar surface area (TPSA) is 61.4 Å². The first-order chi connectivity index (χ1) is 10.3. The van der Waals surface area contributed by atoms with Crippen molar-refractivity contribution in [2.75, 3.05) is 23.9 Å². The second-order valence-corrected chi connectivity index (χ2v) is 5.70. The normalized spacial score (nSPS) is 12.8. The average molecular weight is 336 g/mol. The number of aryl methyl sites for hydroxylation is 1. The van der Waals surface area contributed by atoms with E-state index >= 15 is 0 Å². The summed E-state index contributed by atoms with van der Waals surface area (Å²) in [6, 6.07) is 2.36. The van der Waals surface area contributed by atoms with Crippen LogP contribution in [0.4, 0.5) is 23.7 Å². The van der Waals surface area contributed by atoms with Gasteiger partial charge in [-0.2, -0.15) is 24.9 Å². The minimum Gasteiger partial charge on any atom is -0.396 e. The van der Waals surface area contributed by atoms with Gasteiger partial charge in [0.1, 0.15) is 0 Å². The summed E-state index contributed by atoms with van der Waals surface area (Å²) < 4.78 is 38.1. The summed E-state index contributed by atoms with van der Waals surface area (Å²) in [5, 5.41) is 14.0. The first kappa shape index (κ1) is 18.6. The van der Waals surface area contributed by atoms with Gasteiger partial charge in [-0.1, -0.05) is 6.07 Å². The monoisotopic (exact) mass is 336 g/mol. The molecule has 0 aliphatic rings. The molecule has 8 heteroatoms. The number of amides is 2. The van der Waals surface area contributed by atoms with Crippen LogP contribution in [0.1, 0.15) is 17.5 Å². The molecule has 0 heterocycles. The molecule has 3 N–H and O–H groups in total. The van der Waals surface area contributed by atoms with Crippen molar-refractivity contribution < 1.29 is 23.1 Å². The van der Waals surface area contributed by atoms with Crippen LogP contribution in [-0.4, -0.2) is 35.8 Å². The van der Waals surface area contributed by atoms with Gasteiger partial charge >= 0.3 is 12.2 Å². The zero-order valence-electron chi connectivity index (χ0n) is 12.3. The van der Waals surface area contributed by atoms with Crippen molar-refractivity contribution in [1.82, 2.24) is 5.32 Å². The lowest BCUT2D eigenvalue weighted by Crippen LogP contribution is -2.40. The number of carbonyl (C=O) groups excluding carboxylic acids is 1. The van der Waals surface area contributed by atoms with Crippen molar-refractivity contribution >= 4 is 23.5 Å². The fraction of sp³-hybridized carbons (Fsp3) is 0.500. The van der Waals surface area contributed by atoms with Crippen molar-refractivity contribution in [2.45, 2.75) is 25.6 Å². The van der Waals surface area contributed by atoms with Crippen LogP contribution in [0.3, 0.4) is 0 Å². The van der Waals surface area contributed by atoms with E-state index in [4.69, 9.17) is 5.11 Å². The van der Waals surface area contributed by atoms with E-state index < -0.39 is 17.8 Å². The number of halogens is 3. The highest BCUT2D eigenvalue weighted by Crippen LogP contribution is 2.32. The van der Waals surface area contributed by atoms with Gasteiger partial charge in [-0.3, -0.25) is 0 Å². The van der Waals surface area contributed by atoms with Gasteiger partial charge in [0.2, 0.25) is 0 Å². The van der Waals surface area contributed by atoms with Crippen LogP contribution < -0.4 is 10.6 Å². The van der Waals surface area contributed by atoms with Gasteiger partial charge in [0, 0.05) is 24.1 Å². The lowest BCUT2D eigenvalue weighted by molar-refractivity contribution is -0.137. The highest BCUT2D eigenvalue weighted by Gasteiger charge is 2.31. The summed E-state index contributed by atoms with van der Waals surface area (Å²) in [6.45, 7) is 1.54. The maximum absolute atomic E-state index is 12.7. The summed E-state index contributed by atoms with van der Waals surface area (Å²) in [5.41, 5.74) is -0.171. The number of aliphatic hydroxyl groups is 1. The van der Waals surface area contributed by atoms with Crippen molar-refractivity contribution in [2.24, 2.45) is 0 Å². The number of alkyl halides is 3. The summed E-state index contributed by atoms with van der Waals surface area (Å²) >= 11 is 1.50. The molecule has 4 nitrogen and oxygen atoms in total. The molecular formula is C14H19F3N2O2S. The highest BCUT2D eigenvalue weighted by atomic mass is 32.2. The van der Waals surface area contributed by atoms with Gasteiger partial charge in [-0.25, -0.2) is 4.79 Å². The Kier molecular flexibility index (Phi) is 7.02. The van der Waals surface area contributed by atoms with Gasteiger partial charge in [-0.15, -0.1) is 0 Å². The van der Waals surface area contributed by atoms with E-state index in [0.717, 1.165) is 12.1 Å². The SMILES string of the molecule is CSCC(CCO)NC(=O)Nc1cc(C(F)(F)F)ccc1C. The van der Waals surface area contributed by atoms with Gasteiger partial charge in [0.25, 0.3) is 0 Å². The van der Waals surface area contributed by atoms with Gasteiger partial charge in [0.05, 0.1) is 5.56 Å². The summed E-state index contributed by atoms with van der Waals surface area (Å²) in [6.07, 6.45) is -2.21. The lowest BCUT2D eigenvalue weighted by atomic mass is 10.1. The minimum atomic E-state index is -4.46. The molecule has 0 aliphatic carbocycles. The minimum absolute atomic E-state index is 0.0753. The molecule has 1 aromatic rings. The van der Waals surface area contributed by atoms with Gasteiger partial charge in [-0.05, 0) is 37.3 Å². The molecule has 0 radical (unpaired) electrons.